The lowest BCUT2D eigenvalue weighted by Crippen LogP contribution is -2.39. The molecule has 0 spiro atoms. The van der Waals surface area contributed by atoms with Crippen molar-refractivity contribution >= 4 is 5.91 Å². The van der Waals surface area contributed by atoms with Crippen molar-refractivity contribution in [3.8, 4) is 17.2 Å². The number of para-hydroxylation sites is 2. The van der Waals surface area contributed by atoms with E-state index in [1.165, 1.54) is 19.2 Å². The van der Waals surface area contributed by atoms with Gasteiger partial charge in [-0.15, -0.1) is 0 Å². The maximum atomic E-state index is 12.7. The average Bonchev–Trinajstić information content (AvgIpc) is 2.64. The molecule has 8 heteroatoms. The molecule has 146 valence electrons. The van der Waals surface area contributed by atoms with Crippen LogP contribution in [-0.2, 0) is 11.0 Å². The van der Waals surface area contributed by atoms with Crippen LogP contribution >= 0.6 is 0 Å². The number of amides is 1. The van der Waals surface area contributed by atoms with E-state index in [1.807, 2.05) is 6.07 Å². The number of rotatable bonds is 8. The van der Waals surface area contributed by atoms with Gasteiger partial charge in [0.25, 0.3) is 5.91 Å². The summed E-state index contributed by atoms with van der Waals surface area (Å²) in [6, 6.07) is 11.1. The topological polar surface area (TPSA) is 56.8 Å². The third-order valence-electron chi connectivity index (χ3n) is 3.50. The number of benzene rings is 2. The van der Waals surface area contributed by atoms with Crippen LogP contribution in [0.4, 0.5) is 13.2 Å². The van der Waals surface area contributed by atoms with E-state index in [-0.39, 0.29) is 18.4 Å². The highest BCUT2D eigenvalue weighted by Crippen LogP contribution is 2.31. The van der Waals surface area contributed by atoms with Crippen molar-refractivity contribution in [2.45, 2.75) is 19.1 Å². The van der Waals surface area contributed by atoms with Crippen molar-refractivity contribution in [3.63, 3.8) is 0 Å². The van der Waals surface area contributed by atoms with Crippen LogP contribution in [0.15, 0.2) is 48.5 Å². The van der Waals surface area contributed by atoms with Crippen LogP contribution in [-0.4, -0.2) is 32.3 Å². The normalized spacial score (nSPS) is 12.2. The molecule has 1 N–H and O–H groups in total. The van der Waals surface area contributed by atoms with Crippen molar-refractivity contribution in [2.75, 3.05) is 20.3 Å². The lowest BCUT2D eigenvalue weighted by Gasteiger charge is -2.17. The molecule has 0 fully saturated rings. The Bertz CT molecular complexity index is 765. The van der Waals surface area contributed by atoms with Crippen LogP contribution in [0, 0.1) is 0 Å². The summed E-state index contributed by atoms with van der Waals surface area (Å²) in [5.41, 5.74) is -0.834. The zero-order valence-corrected chi connectivity index (χ0v) is 14.9. The SMILES string of the molecule is COc1ccccc1OC[C@H](C)NC(=O)COc1cccc(C(F)(F)F)c1. The third-order valence-corrected chi connectivity index (χ3v) is 3.50. The molecule has 2 aromatic carbocycles. The molecule has 0 radical (unpaired) electrons. The largest absolute Gasteiger partial charge is 0.493 e. The molecule has 0 aromatic heterocycles. The number of hydrogen-bond acceptors (Lipinski definition) is 4. The first-order valence-electron chi connectivity index (χ1n) is 8.15. The highest BCUT2D eigenvalue weighted by atomic mass is 19.4. The highest BCUT2D eigenvalue weighted by Gasteiger charge is 2.30. The van der Waals surface area contributed by atoms with Gasteiger partial charge in [0.05, 0.1) is 18.7 Å². The van der Waals surface area contributed by atoms with Crippen LogP contribution in [0.2, 0.25) is 0 Å². The molecule has 2 aromatic rings. The van der Waals surface area contributed by atoms with E-state index in [0.29, 0.717) is 11.5 Å². The van der Waals surface area contributed by atoms with E-state index in [1.54, 1.807) is 25.1 Å². The quantitative estimate of drug-likeness (QED) is 0.756. The van der Waals surface area contributed by atoms with Crippen LogP contribution < -0.4 is 19.5 Å². The number of nitrogens with one attached hydrogen (secondary N) is 1. The summed E-state index contributed by atoms with van der Waals surface area (Å²) in [7, 11) is 1.53. The van der Waals surface area contributed by atoms with Gasteiger partial charge in [-0.05, 0) is 37.3 Å². The second-order valence-corrected chi connectivity index (χ2v) is 5.74. The van der Waals surface area contributed by atoms with E-state index in [0.717, 1.165) is 12.1 Å². The van der Waals surface area contributed by atoms with Gasteiger partial charge in [0.2, 0.25) is 0 Å². The van der Waals surface area contributed by atoms with Crippen molar-refractivity contribution in [1.82, 2.24) is 5.32 Å². The van der Waals surface area contributed by atoms with Crippen molar-refractivity contribution in [2.24, 2.45) is 0 Å². The Balaban J connectivity index is 1.80. The summed E-state index contributed by atoms with van der Waals surface area (Å²) >= 11 is 0. The number of carbonyl (C=O) groups is 1. The minimum atomic E-state index is -4.47. The molecule has 2 rings (SSSR count). The molecule has 0 aliphatic rings. The first-order chi connectivity index (χ1) is 12.8. The summed E-state index contributed by atoms with van der Waals surface area (Å²) in [4.78, 5) is 11.9. The number of ether oxygens (including phenoxy) is 3. The van der Waals surface area contributed by atoms with Gasteiger partial charge in [0.15, 0.2) is 18.1 Å². The lowest BCUT2D eigenvalue weighted by atomic mass is 10.2. The molecule has 0 aliphatic carbocycles. The van der Waals surface area contributed by atoms with E-state index < -0.39 is 24.3 Å². The standard InChI is InChI=1S/C19H20F3NO4/c1-13(11-27-17-9-4-3-8-16(17)25-2)23-18(24)12-26-15-7-5-6-14(10-15)19(20,21)22/h3-10,13H,11-12H2,1-2H3,(H,23,24)/t13-/m0/s1. The number of carbonyl (C=O) groups excluding carboxylic acids is 1. The van der Waals surface area contributed by atoms with Crippen LogP contribution in [0.1, 0.15) is 12.5 Å². The summed E-state index contributed by atoms with van der Waals surface area (Å²) in [5.74, 6) is 0.617. The summed E-state index contributed by atoms with van der Waals surface area (Å²) in [5, 5.41) is 2.65. The molecular weight excluding hydrogens is 363 g/mol. The Kier molecular flexibility index (Phi) is 6.92. The zero-order chi connectivity index (χ0) is 19.9. The zero-order valence-electron chi connectivity index (χ0n) is 14.9. The summed E-state index contributed by atoms with van der Waals surface area (Å²) in [6.07, 6.45) is -4.47. The highest BCUT2D eigenvalue weighted by molar-refractivity contribution is 5.77. The van der Waals surface area contributed by atoms with Gasteiger partial charge < -0.3 is 19.5 Å². The molecule has 5 nitrogen and oxygen atoms in total. The molecule has 27 heavy (non-hydrogen) atoms. The van der Waals surface area contributed by atoms with Gasteiger partial charge in [-0.2, -0.15) is 13.2 Å². The van der Waals surface area contributed by atoms with Gasteiger partial charge in [-0.1, -0.05) is 18.2 Å². The molecule has 0 saturated heterocycles. The molecular formula is C19H20F3NO4. The molecule has 1 atom stereocenters. The van der Waals surface area contributed by atoms with Crippen molar-refractivity contribution < 1.29 is 32.2 Å². The monoisotopic (exact) mass is 383 g/mol. The molecule has 1 amide bonds. The fraction of sp³-hybridized carbons (Fsp3) is 0.316. The Morgan fingerprint density at radius 3 is 2.44 bits per heavy atom. The van der Waals surface area contributed by atoms with Gasteiger partial charge in [0, 0.05) is 0 Å². The fourth-order valence-electron chi connectivity index (χ4n) is 2.22. The molecule has 0 unspecified atom stereocenters. The second-order valence-electron chi connectivity index (χ2n) is 5.74. The molecule has 0 saturated carbocycles. The average molecular weight is 383 g/mol. The summed E-state index contributed by atoms with van der Waals surface area (Å²) in [6.45, 7) is 1.52. The third kappa shape index (κ3) is 6.40. The van der Waals surface area contributed by atoms with E-state index >= 15 is 0 Å². The fourth-order valence-corrected chi connectivity index (χ4v) is 2.22. The number of hydrogen-bond donors (Lipinski definition) is 1. The molecule has 0 heterocycles. The van der Waals surface area contributed by atoms with Crippen LogP contribution in [0.5, 0.6) is 17.2 Å². The Morgan fingerprint density at radius 2 is 1.78 bits per heavy atom. The Hall–Kier alpha value is -2.90. The van der Waals surface area contributed by atoms with Gasteiger partial charge in [-0.25, -0.2) is 0 Å². The van der Waals surface area contributed by atoms with Crippen LogP contribution in [0.3, 0.4) is 0 Å². The first-order valence-corrected chi connectivity index (χ1v) is 8.15. The maximum Gasteiger partial charge on any atom is 0.416 e. The van der Waals surface area contributed by atoms with Gasteiger partial charge >= 0.3 is 6.18 Å². The Morgan fingerprint density at radius 1 is 1.07 bits per heavy atom. The smallest absolute Gasteiger partial charge is 0.416 e. The molecule has 0 bridgehead atoms. The number of halogens is 3. The van der Waals surface area contributed by atoms with E-state index in [2.05, 4.69) is 5.32 Å². The minimum absolute atomic E-state index is 0.0297. The maximum absolute atomic E-state index is 12.7. The number of methoxy groups -OCH3 is 1. The lowest BCUT2D eigenvalue weighted by molar-refractivity contribution is -0.137. The van der Waals surface area contributed by atoms with Crippen molar-refractivity contribution in [1.29, 1.82) is 0 Å². The van der Waals surface area contributed by atoms with E-state index in [9.17, 15) is 18.0 Å². The van der Waals surface area contributed by atoms with Crippen molar-refractivity contribution in [3.05, 3.63) is 54.1 Å². The molecule has 0 aliphatic heterocycles. The second kappa shape index (κ2) is 9.16. The van der Waals surface area contributed by atoms with Crippen LogP contribution in [0.25, 0.3) is 0 Å². The van der Waals surface area contributed by atoms with E-state index in [4.69, 9.17) is 14.2 Å². The first kappa shape index (κ1) is 20.4. The predicted octanol–water partition coefficient (Wildman–Crippen LogP) is 3.68. The minimum Gasteiger partial charge on any atom is -0.493 e. The Labute approximate surface area is 155 Å². The number of alkyl halides is 3. The van der Waals surface area contributed by atoms with Gasteiger partial charge in [-0.3, -0.25) is 4.79 Å². The summed E-state index contributed by atoms with van der Waals surface area (Å²) < 4.78 is 53.9. The van der Waals surface area contributed by atoms with Gasteiger partial charge in [0.1, 0.15) is 12.4 Å². The predicted molar refractivity (Wildman–Crippen MR) is 93.0 cm³/mol.